The standard InChI is InChI=1S/C31H26FN3O4/c1-39-28-9-5-2-6-24(28)18-33-29(36)23-14-10-21(11-15-23)20-35-30(37)26-7-3-4-8-27(26)34(31(35)38)19-22-12-16-25(32)17-13-22/h2-17H,18-20H2,1H3,(H,33,36). The molecule has 0 bridgehead atoms. The van der Waals surface area contributed by atoms with Crippen LogP contribution in [0.25, 0.3) is 10.9 Å². The second kappa shape index (κ2) is 11.2. The summed E-state index contributed by atoms with van der Waals surface area (Å²) in [5, 5.41) is 3.29. The van der Waals surface area contributed by atoms with Crippen molar-refractivity contribution in [3.8, 4) is 5.75 Å². The van der Waals surface area contributed by atoms with Gasteiger partial charge in [0.25, 0.3) is 11.5 Å². The number of nitrogens with one attached hydrogen (secondary N) is 1. The second-order valence-electron chi connectivity index (χ2n) is 9.10. The number of para-hydroxylation sites is 2. The van der Waals surface area contributed by atoms with Crippen LogP contribution in [0.3, 0.4) is 0 Å². The molecule has 1 aromatic heterocycles. The summed E-state index contributed by atoms with van der Waals surface area (Å²) < 4.78 is 21.4. The highest BCUT2D eigenvalue weighted by Gasteiger charge is 2.14. The first kappa shape index (κ1) is 25.7. The molecule has 0 fully saturated rings. The summed E-state index contributed by atoms with van der Waals surface area (Å²) in [5.74, 6) is 0.0777. The Bertz CT molecular complexity index is 1760. The third-order valence-corrected chi connectivity index (χ3v) is 6.57. The summed E-state index contributed by atoms with van der Waals surface area (Å²) >= 11 is 0. The molecule has 0 atom stereocenters. The van der Waals surface area contributed by atoms with Crippen LogP contribution in [0.2, 0.25) is 0 Å². The number of carbonyl (C=O) groups is 1. The zero-order valence-electron chi connectivity index (χ0n) is 21.3. The number of rotatable bonds is 8. The molecule has 1 amide bonds. The highest BCUT2D eigenvalue weighted by molar-refractivity contribution is 5.94. The highest BCUT2D eigenvalue weighted by Crippen LogP contribution is 2.17. The van der Waals surface area contributed by atoms with Gasteiger partial charge in [-0.3, -0.25) is 18.7 Å². The smallest absolute Gasteiger partial charge is 0.332 e. The Kier molecular flexibility index (Phi) is 7.36. The SMILES string of the molecule is COc1ccccc1CNC(=O)c1ccc(Cn2c(=O)c3ccccc3n(Cc3ccc(F)cc3)c2=O)cc1. The number of nitrogens with zero attached hydrogens (tertiary/aromatic N) is 2. The number of amides is 1. The average molecular weight is 524 g/mol. The molecule has 39 heavy (non-hydrogen) atoms. The van der Waals surface area contributed by atoms with Gasteiger partial charge in [0.15, 0.2) is 0 Å². The predicted molar refractivity (Wildman–Crippen MR) is 148 cm³/mol. The Hall–Kier alpha value is -4.98. The first-order valence-corrected chi connectivity index (χ1v) is 12.4. The molecule has 4 aromatic carbocycles. The Morgan fingerprint density at radius 3 is 2.13 bits per heavy atom. The topological polar surface area (TPSA) is 82.3 Å². The quantitative estimate of drug-likeness (QED) is 0.328. The van der Waals surface area contributed by atoms with Gasteiger partial charge in [0.1, 0.15) is 11.6 Å². The van der Waals surface area contributed by atoms with Crippen molar-refractivity contribution in [1.82, 2.24) is 14.5 Å². The molecule has 5 aromatic rings. The van der Waals surface area contributed by atoms with Crippen LogP contribution in [0.15, 0.2) is 107 Å². The predicted octanol–water partition coefficient (Wildman–Crippen LogP) is 4.34. The normalized spacial score (nSPS) is 10.9. The van der Waals surface area contributed by atoms with Crippen LogP contribution in [-0.4, -0.2) is 22.2 Å². The van der Waals surface area contributed by atoms with E-state index in [0.29, 0.717) is 34.3 Å². The lowest BCUT2D eigenvalue weighted by Crippen LogP contribution is -2.40. The molecule has 0 radical (unpaired) electrons. The lowest BCUT2D eigenvalue weighted by Gasteiger charge is -2.15. The van der Waals surface area contributed by atoms with E-state index in [1.54, 1.807) is 67.8 Å². The third kappa shape index (κ3) is 5.50. The van der Waals surface area contributed by atoms with Crippen molar-refractivity contribution in [2.75, 3.05) is 7.11 Å². The van der Waals surface area contributed by atoms with Crippen LogP contribution < -0.4 is 21.3 Å². The molecule has 1 heterocycles. The number of carbonyl (C=O) groups excluding carboxylic acids is 1. The minimum Gasteiger partial charge on any atom is -0.496 e. The first-order valence-electron chi connectivity index (χ1n) is 12.4. The molecular weight excluding hydrogens is 497 g/mol. The molecule has 0 unspecified atom stereocenters. The summed E-state index contributed by atoms with van der Waals surface area (Å²) in [6.45, 7) is 0.533. The second-order valence-corrected chi connectivity index (χ2v) is 9.10. The van der Waals surface area contributed by atoms with Crippen LogP contribution in [0, 0.1) is 5.82 Å². The van der Waals surface area contributed by atoms with Gasteiger partial charge in [0, 0.05) is 17.7 Å². The van der Waals surface area contributed by atoms with Gasteiger partial charge < -0.3 is 10.1 Å². The summed E-state index contributed by atoms with van der Waals surface area (Å²) in [6, 6.07) is 27.1. The molecule has 0 saturated carbocycles. The van der Waals surface area contributed by atoms with Gasteiger partial charge in [0.2, 0.25) is 0 Å². The van der Waals surface area contributed by atoms with Crippen LogP contribution in [0.4, 0.5) is 4.39 Å². The van der Waals surface area contributed by atoms with Crippen molar-refractivity contribution < 1.29 is 13.9 Å². The number of methoxy groups -OCH3 is 1. The Labute approximate surface area is 223 Å². The van der Waals surface area contributed by atoms with Crippen molar-refractivity contribution in [2.24, 2.45) is 0 Å². The highest BCUT2D eigenvalue weighted by atomic mass is 19.1. The molecule has 0 aliphatic rings. The van der Waals surface area contributed by atoms with Gasteiger partial charge in [0.05, 0.1) is 31.1 Å². The van der Waals surface area contributed by atoms with E-state index in [-0.39, 0.29) is 24.8 Å². The van der Waals surface area contributed by atoms with Crippen molar-refractivity contribution >= 4 is 16.8 Å². The molecule has 196 valence electrons. The zero-order valence-corrected chi connectivity index (χ0v) is 21.3. The fourth-order valence-electron chi connectivity index (χ4n) is 4.51. The molecule has 8 heteroatoms. The van der Waals surface area contributed by atoms with E-state index in [0.717, 1.165) is 11.1 Å². The van der Waals surface area contributed by atoms with Crippen LogP contribution in [0.5, 0.6) is 5.75 Å². The Balaban J connectivity index is 1.39. The van der Waals surface area contributed by atoms with Crippen molar-refractivity contribution in [1.29, 1.82) is 0 Å². The van der Waals surface area contributed by atoms with E-state index < -0.39 is 11.2 Å². The van der Waals surface area contributed by atoms with Gasteiger partial charge in [-0.15, -0.1) is 0 Å². The number of benzene rings is 4. The van der Waals surface area contributed by atoms with Crippen molar-refractivity contribution in [3.05, 3.63) is 146 Å². The largest absolute Gasteiger partial charge is 0.496 e. The number of hydrogen-bond donors (Lipinski definition) is 1. The number of halogens is 1. The average Bonchev–Trinajstić information content (AvgIpc) is 2.97. The Morgan fingerprint density at radius 2 is 1.41 bits per heavy atom. The molecule has 0 aliphatic carbocycles. The van der Waals surface area contributed by atoms with E-state index in [4.69, 9.17) is 4.74 Å². The summed E-state index contributed by atoms with van der Waals surface area (Å²) in [4.78, 5) is 39.5. The maximum absolute atomic E-state index is 13.5. The molecular formula is C31H26FN3O4. The third-order valence-electron chi connectivity index (χ3n) is 6.57. The van der Waals surface area contributed by atoms with Crippen molar-refractivity contribution in [2.45, 2.75) is 19.6 Å². The van der Waals surface area contributed by atoms with E-state index >= 15 is 0 Å². The van der Waals surface area contributed by atoms with E-state index in [1.807, 2.05) is 24.3 Å². The number of ether oxygens (including phenoxy) is 1. The molecule has 7 nitrogen and oxygen atoms in total. The lowest BCUT2D eigenvalue weighted by atomic mass is 10.1. The number of fused-ring (bicyclic) bond motifs is 1. The monoisotopic (exact) mass is 523 g/mol. The van der Waals surface area contributed by atoms with Crippen LogP contribution >= 0.6 is 0 Å². The van der Waals surface area contributed by atoms with Gasteiger partial charge in [-0.1, -0.05) is 54.6 Å². The van der Waals surface area contributed by atoms with E-state index in [9.17, 15) is 18.8 Å². The van der Waals surface area contributed by atoms with Gasteiger partial charge in [-0.25, -0.2) is 9.18 Å². The maximum atomic E-state index is 13.5. The molecule has 5 rings (SSSR count). The van der Waals surface area contributed by atoms with E-state index in [1.165, 1.54) is 21.3 Å². The molecule has 0 saturated heterocycles. The fourth-order valence-corrected chi connectivity index (χ4v) is 4.51. The summed E-state index contributed by atoms with van der Waals surface area (Å²) in [5.41, 5.74) is 2.38. The minimum atomic E-state index is -0.471. The number of hydrogen-bond acceptors (Lipinski definition) is 4. The summed E-state index contributed by atoms with van der Waals surface area (Å²) in [6.07, 6.45) is 0. The zero-order chi connectivity index (χ0) is 27.4. The first-order chi connectivity index (χ1) is 18.9. The molecule has 1 N–H and O–H groups in total. The Morgan fingerprint density at radius 1 is 0.795 bits per heavy atom. The number of aromatic nitrogens is 2. The van der Waals surface area contributed by atoms with Crippen LogP contribution in [-0.2, 0) is 19.6 Å². The maximum Gasteiger partial charge on any atom is 0.332 e. The van der Waals surface area contributed by atoms with Gasteiger partial charge >= 0.3 is 5.69 Å². The van der Waals surface area contributed by atoms with E-state index in [2.05, 4.69) is 5.32 Å². The van der Waals surface area contributed by atoms with Gasteiger partial charge in [-0.2, -0.15) is 0 Å². The molecule has 0 spiro atoms. The minimum absolute atomic E-state index is 0.0367. The molecule has 0 aliphatic heterocycles. The lowest BCUT2D eigenvalue weighted by molar-refractivity contribution is 0.0950. The summed E-state index contributed by atoms with van der Waals surface area (Å²) in [7, 11) is 1.58. The van der Waals surface area contributed by atoms with Crippen molar-refractivity contribution in [3.63, 3.8) is 0 Å². The fraction of sp³-hybridized carbons (Fsp3) is 0.129. The van der Waals surface area contributed by atoms with Crippen LogP contribution in [0.1, 0.15) is 27.0 Å². The van der Waals surface area contributed by atoms with Gasteiger partial charge in [-0.05, 0) is 53.6 Å².